The molecule has 1 atom stereocenters. The normalized spacial score (nSPS) is 18.0. The number of sulfonamides is 1. The number of aromatic carboxylic acids is 1. The van der Waals surface area contributed by atoms with Gasteiger partial charge < -0.3 is 9.84 Å². The van der Waals surface area contributed by atoms with Crippen LogP contribution in [0.3, 0.4) is 0 Å². The van der Waals surface area contributed by atoms with Gasteiger partial charge in [0.25, 0.3) is 0 Å². The van der Waals surface area contributed by atoms with Crippen LogP contribution in [-0.2, 0) is 14.8 Å². The summed E-state index contributed by atoms with van der Waals surface area (Å²) in [5, 5.41) is 9.19. The Hall–Kier alpha value is -1.48. The van der Waals surface area contributed by atoms with Crippen molar-refractivity contribution in [3.63, 3.8) is 0 Å². The lowest BCUT2D eigenvalue weighted by molar-refractivity contribution is 0.0177. The van der Waals surface area contributed by atoms with Crippen LogP contribution in [0.25, 0.3) is 0 Å². The summed E-state index contributed by atoms with van der Waals surface area (Å²) in [4.78, 5) is 13.2. The van der Waals surface area contributed by atoms with Crippen LogP contribution in [-0.4, -0.2) is 74.6 Å². The maximum Gasteiger partial charge on any atom is 0.337 e. The molecule has 0 spiro atoms. The molecule has 1 fully saturated rings. The molecule has 1 unspecified atom stereocenters. The Balaban J connectivity index is 2.17. The third-order valence-electron chi connectivity index (χ3n) is 4.00. The van der Waals surface area contributed by atoms with Crippen LogP contribution in [0.2, 0.25) is 0 Å². The molecule has 23 heavy (non-hydrogen) atoms. The molecule has 1 N–H and O–H groups in total. The van der Waals surface area contributed by atoms with E-state index in [0.29, 0.717) is 13.2 Å². The van der Waals surface area contributed by atoms with Gasteiger partial charge in [-0.2, -0.15) is 4.31 Å². The first-order chi connectivity index (χ1) is 10.8. The summed E-state index contributed by atoms with van der Waals surface area (Å²) in [6, 6.07) is 5.69. The lowest BCUT2D eigenvalue weighted by atomic mass is 10.2. The molecule has 1 aromatic carbocycles. The molecule has 1 aliphatic heterocycles. The minimum Gasteiger partial charge on any atom is -0.478 e. The molecule has 1 aromatic rings. The van der Waals surface area contributed by atoms with Gasteiger partial charge in [-0.25, -0.2) is 13.2 Å². The number of hydrogen-bond acceptors (Lipinski definition) is 5. The Labute approximate surface area is 136 Å². The molecule has 128 valence electrons. The highest BCUT2D eigenvalue weighted by Gasteiger charge is 2.28. The Morgan fingerprint density at radius 3 is 2.57 bits per heavy atom. The second-order valence-corrected chi connectivity index (χ2v) is 7.60. The van der Waals surface area contributed by atoms with Gasteiger partial charge >= 0.3 is 5.97 Å². The molecule has 0 aromatic heterocycles. The van der Waals surface area contributed by atoms with E-state index in [2.05, 4.69) is 4.90 Å². The van der Waals surface area contributed by atoms with Gasteiger partial charge in [0.15, 0.2) is 0 Å². The lowest BCUT2D eigenvalue weighted by Gasteiger charge is -2.34. The number of hydrogen-bond donors (Lipinski definition) is 1. The first-order valence-electron chi connectivity index (χ1n) is 7.44. The number of nitrogens with zero attached hydrogens (tertiary/aromatic N) is 2. The molecule has 0 bridgehead atoms. The van der Waals surface area contributed by atoms with Crippen LogP contribution in [0, 0.1) is 0 Å². The average molecular weight is 342 g/mol. The van der Waals surface area contributed by atoms with E-state index in [0.717, 1.165) is 13.1 Å². The zero-order valence-corrected chi connectivity index (χ0v) is 14.1. The highest BCUT2D eigenvalue weighted by atomic mass is 32.2. The van der Waals surface area contributed by atoms with Gasteiger partial charge in [-0.05, 0) is 19.1 Å². The Bertz CT molecular complexity index is 656. The first-order valence-corrected chi connectivity index (χ1v) is 8.88. The number of likely N-dealkylation sites (N-methyl/N-ethyl adjacent to an activating group) is 1. The van der Waals surface area contributed by atoms with E-state index < -0.39 is 16.0 Å². The third kappa shape index (κ3) is 4.08. The van der Waals surface area contributed by atoms with E-state index in [1.165, 1.54) is 35.6 Å². The fourth-order valence-electron chi connectivity index (χ4n) is 2.64. The standard InChI is InChI=1S/C15H22N2O5S/c1-12(17-7-9-22-10-8-17)11-16(2)23(20,21)14-6-4-3-5-13(14)15(18)19/h3-6,12H,7-11H2,1-2H3,(H,18,19). The first kappa shape index (κ1) is 17.9. The molecule has 0 saturated carbocycles. The van der Waals surface area contributed by atoms with Crippen molar-refractivity contribution in [3.8, 4) is 0 Å². The fraction of sp³-hybridized carbons (Fsp3) is 0.533. The van der Waals surface area contributed by atoms with E-state index in [-0.39, 0.29) is 23.0 Å². The van der Waals surface area contributed by atoms with E-state index in [4.69, 9.17) is 4.74 Å². The largest absolute Gasteiger partial charge is 0.478 e. The number of benzene rings is 1. The fourth-order valence-corrected chi connectivity index (χ4v) is 4.07. The Morgan fingerprint density at radius 2 is 1.96 bits per heavy atom. The highest BCUT2D eigenvalue weighted by Crippen LogP contribution is 2.20. The molecule has 1 heterocycles. The van der Waals surface area contributed by atoms with E-state index in [1.54, 1.807) is 0 Å². The van der Waals surface area contributed by atoms with Crippen molar-refractivity contribution in [2.75, 3.05) is 39.9 Å². The van der Waals surface area contributed by atoms with Crippen molar-refractivity contribution in [3.05, 3.63) is 29.8 Å². The summed E-state index contributed by atoms with van der Waals surface area (Å²) < 4.78 is 31.9. The van der Waals surface area contributed by atoms with Gasteiger partial charge in [-0.15, -0.1) is 0 Å². The van der Waals surface area contributed by atoms with Crippen molar-refractivity contribution in [1.82, 2.24) is 9.21 Å². The summed E-state index contributed by atoms with van der Waals surface area (Å²) in [5.74, 6) is -1.25. The summed E-state index contributed by atoms with van der Waals surface area (Å²) in [6.45, 7) is 5.06. The van der Waals surface area contributed by atoms with Crippen molar-refractivity contribution < 1.29 is 23.1 Å². The number of rotatable bonds is 6. The number of morpholine rings is 1. The van der Waals surface area contributed by atoms with Crippen LogP contribution >= 0.6 is 0 Å². The summed E-state index contributed by atoms with van der Waals surface area (Å²) in [6.07, 6.45) is 0. The SMILES string of the molecule is CC(CN(C)S(=O)(=O)c1ccccc1C(=O)O)N1CCOCC1. The van der Waals surface area contributed by atoms with Crippen LogP contribution in [0.4, 0.5) is 0 Å². The maximum atomic E-state index is 12.7. The van der Waals surface area contributed by atoms with Crippen molar-refractivity contribution in [1.29, 1.82) is 0 Å². The summed E-state index contributed by atoms with van der Waals surface area (Å²) in [5.41, 5.74) is -0.210. The second kappa shape index (κ2) is 7.39. The van der Waals surface area contributed by atoms with Crippen LogP contribution in [0.1, 0.15) is 17.3 Å². The lowest BCUT2D eigenvalue weighted by Crippen LogP contribution is -2.47. The van der Waals surface area contributed by atoms with Gasteiger partial charge in [-0.3, -0.25) is 4.90 Å². The van der Waals surface area contributed by atoms with Gasteiger partial charge in [0.05, 0.1) is 23.7 Å². The molecule has 2 rings (SSSR count). The minimum absolute atomic E-state index is 0.0238. The van der Waals surface area contributed by atoms with Crippen molar-refractivity contribution >= 4 is 16.0 Å². The van der Waals surface area contributed by atoms with Crippen molar-refractivity contribution in [2.24, 2.45) is 0 Å². The van der Waals surface area contributed by atoms with Gasteiger partial charge in [0.1, 0.15) is 0 Å². The zero-order valence-electron chi connectivity index (χ0n) is 13.3. The van der Waals surface area contributed by atoms with Gasteiger partial charge in [0.2, 0.25) is 10.0 Å². The smallest absolute Gasteiger partial charge is 0.337 e. The van der Waals surface area contributed by atoms with E-state index in [1.807, 2.05) is 6.92 Å². The summed E-state index contributed by atoms with van der Waals surface area (Å²) in [7, 11) is -2.38. The maximum absolute atomic E-state index is 12.7. The average Bonchev–Trinajstić information content (AvgIpc) is 2.55. The highest BCUT2D eigenvalue weighted by molar-refractivity contribution is 7.89. The predicted molar refractivity (Wildman–Crippen MR) is 85.1 cm³/mol. The molecule has 1 saturated heterocycles. The molecule has 0 amide bonds. The molecule has 8 heteroatoms. The predicted octanol–water partition coefficient (Wildman–Crippen LogP) is 0.726. The number of carboxylic acids is 1. The van der Waals surface area contributed by atoms with Crippen molar-refractivity contribution in [2.45, 2.75) is 17.9 Å². The second-order valence-electron chi connectivity index (χ2n) is 5.58. The molecule has 7 nitrogen and oxygen atoms in total. The molecular formula is C15H22N2O5S. The molecular weight excluding hydrogens is 320 g/mol. The molecule has 0 aliphatic carbocycles. The zero-order chi connectivity index (χ0) is 17.0. The summed E-state index contributed by atoms with van der Waals surface area (Å²) >= 11 is 0. The molecule has 0 radical (unpaired) electrons. The minimum atomic E-state index is -3.85. The Morgan fingerprint density at radius 1 is 1.35 bits per heavy atom. The number of carbonyl (C=O) groups is 1. The van der Waals surface area contributed by atoms with E-state index >= 15 is 0 Å². The van der Waals surface area contributed by atoms with Gasteiger partial charge in [0, 0.05) is 32.7 Å². The monoisotopic (exact) mass is 342 g/mol. The molecule has 1 aliphatic rings. The number of ether oxygens (including phenoxy) is 1. The van der Waals surface area contributed by atoms with Crippen LogP contribution in [0.15, 0.2) is 29.2 Å². The van der Waals surface area contributed by atoms with Crippen LogP contribution < -0.4 is 0 Å². The topological polar surface area (TPSA) is 87.2 Å². The van der Waals surface area contributed by atoms with Gasteiger partial charge in [-0.1, -0.05) is 12.1 Å². The quantitative estimate of drug-likeness (QED) is 0.820. The van der Waals surface area contributed by atoms with Crippen LogP contribution in [0.5, 0.6) is 0 Å². The third-order valence-corrected chi connectivity index (χ3v) is 5.88. The number of carboxylic acid groups (broad SMARTS) is 1. The van der Waals surface area contributed by atoms with E-state index in [9.17, 15) is 18.3 Å². The Kier molecular flexibility index (Phi) is 5.74.